The highest BCUT2D eigenvalue weighted by Gasteiger charge is 2.09. The minimum absolute atomic E-state index is 0.727. The zero-order valence-corrected chi connectivity index (χ0v) is 13.3. The molecular weight excluding hydrogens is 371 g/mol. The topological polar surface area (TPSA) is 28.7 Å². The summed E-state index contributed by atoms with van der Waals surface area (Å²) in [7, 11) is 0. The van der Waals surface area contributed by atoms with Crippen LogP contribution in [0.1, 0.15) is 12.5 Å². The van der Waals surface area contributed by atoms with Crippen molar-refractivity contribution in [3.05, 3.63) is 50.6 Å². The van der Waals surface area contributed by atoms with Crippen molar-refractivity contribution in [1.29, 1.82) is 0 Å². The fourth-order valence-corrected chi connectivity index (χ4v) is 2.85. The summed E-state index contributed by atoms with van der Waals surface area (Å²) in [5.41, 5.74) is 4.42. The van der Waals surface area contributed by atoms with Crippen LogP contribution in [-0.4, -0.2) is 9.97 Å². The van der Waals surface area contributed by atoms with Gasteiger partial charge in [-0.1, -0.05) is 24.6 Å². The Hall–Kier alpha value is -1.07. The summed E-state index contributed by atoms with van der Waals surface area (Å²) in [4.78, 5) is 8.02. The largest absolute Gasteiger partial charge is 0.338 e. The van der Waals surface area contributed by atoms with Gasteiger partial charge in [0.15, 0.2) is 0 Å². The van der Waals surface area contributed by atoms with Crippen LogP contribution in [0.25, 0.3) is 22.4 Å². The zero-order chi connectivity index (χ0) is 13.4. The van der Waals surface area contributed by atoms with Crippen LogP contribution in [0.3, 0.4) is 0 Å². The number of aromatic amines is 1. The highest BCUT2D eigenvalue weighted by atomic mass is 127. The summed E-state index contributed by atoms with van der Waals surface area (Å²) >= 11 is 8.37. The van der Waals surface area contributed by atoms with E-state index in [4.69, 9.17) is 11.6 Å². The van der Waals surface area contributed by atoms with Crippen LogP contribution in [0.4, 0.5) is 0 Å². The molecule has 2 nitrogen and oxygen atoms in total. The Balaban J connectivity index is 2.17. The second kappa shape index (κ2) is 5.13. The standard InChI is InChI=1S/C15H12ClIN2/c1-2-9-3-6-13-14(7-9)19-15(18-13)11-8-10(16)4-5-12(11)17/h3-8H,2H2,1H3,(H,18,19). The molecule has 1 N–H and O–H groups in total. The van der Waals surface area contributed by atoms with Gasteiger partial charge in [0.25, 0.3) is 0 Å². The fourth-order valence-electron chi connectivity index (χ4n) is 2.08. The van der Waals surface area contributed by atoms with Crippen LogP contribution in [0.15, 0.2) is 36.4 Å². The fraction of sp³-hybridized carbons (Fsp3) is 0.133. The second-order valence-electron chi connectivity index (χ2n) is 4.41. The number of nitrogens with one attached hydrogen (secondary N) is 1. The summed E-state index contributed by atoms with van der Waals surface area (Å²) in [5, 5.41) is 0.727. The summed E-state index contributed by atoms with van der Waals surface area (Å²) in [6.45, 7) is 2.15. The zero-order valence-electron chi connectivity index (χ0n) is 10.4. The molecule has 2 aromatic carbocycles. The van der Waals surface area contributed by atoms with Crippen molar-refractivity contribution in [1.82, 2.24) is 9.97 Å². The number of nitrogens with zero attached hydrogens (tertiary/aromatic N) is 1. The molecule has 0 radical (unpaired) electrons. The molecule has 1 heterocycles. The third-order valence-corrected chi connectivity index (χ3v) is 4.31. The lowest BCUT2D eigenvalue weighted by molar-refractivity contribution is 1.14. The first-order valence-electron chi connectivity index (χ1n) is 6.11. The summed E-state index contributed by atoms with van der Waals surface area (Å²) in [5.74, 6) is 0.871. The number of aryl methyl sites for hydroxylation is 1. The molecule has 0 fully saturated rings. The maximum atomic E-state index is 6.07. The van der Waals surface area contributed by atoms with Gasteiger partial charge >= 0.3 is 0 Å². The molecule has 0 aliphatic heterocycles. The van der Waals surface area contributed by atoms with Gasteiger partial charge in [0, 0.05) is 14.2 Å². The SMILES string of the molecule is CCc1ccc2nc(-c3cc(Cl)ccc3I)[nH]c2c1. The second-order valence-corrected chi connectivity index (χ2v) is 6.01. The molecule has 0 aliphatic carbocycles. The molecule has 0 saturated carbocycles. The van der Waals surface area contributed by atoms with E-state index in [0.717, 1.165) is 37.4 Å². The quantitative estimate of drug-likeness (QED) is 0.617. The molecule has 0 atom stereocenters. The molecule has 0 spiro atoms. The Morgan fingerprint density at radius 3 is 2.84 bits per heavy atom. The van der Waals surface area contributed by atoms with Crippen molar-refractivity contribution in [2.75, 3.05) is 0 Å². The van der Waals surface area contributed by atoms with Crippen molar-refractivity contribution in [3.63, 3.8) is 0 Å². The van der Waals surface area contributed by atoms with Crippen LogP contribution in [0.5, 0.6) is 0 Å². The number of aromatic nitrogens is 2. The summed E-state index contributed by atoms with van der Waals surface area (Å²) < 4.78 is 1.14. The minimum Gasteiger partial charge on any atom is -0.338 e. The Bertz CT molecular complexity index is 749. The number of halogens is 2. The Morgan fingerprint density at radius 1 is 1.21 bits per heavy atom. The smallest absolute Gasteiger partial charge is 0.139 e. The van der Waals surface area contributed by atoms with Gasteiger partial charge in [-0.3, -0.25) is 0 Å². The molecule has 0 unspecified atom stereocenters. The Morgan fingerprint density at radius 2 is 2.05 bits per heavy atom. The lowest BCUT2D eigenvalue weighted by Gasteiger charge is -2.01. The van der Waals surface area contributed by atoms with Crippen molar-refractivity contribution in [2.24, 2.45) is 0 Å². The first-order valence-corrected chi connectivity index (χ1v) is 7.57. The Kier molecular flexibility index (Phi) is 3.50. The van der Waals surface area contributed by atoms with Gasteiger partial charge in [-0.2, -0.15) is 0 Å². The molecule has 19 heavy (non-hydrogen) atoms. The molecule has 0 amide bonds. The van der Waals surface area contributed by atoms with Gasteiger partial charge < -0.3 is 4.98 Å². The molecule has 3 aromatic rings. The van der Waals surface area contributed by atoms with Crippen LogP contribution < -0.4 is 0 Å². The van der Waals surface area contributed by atoms with Gasteiger partial charge in [-0.05, 0) is 64.9 Å². The van der Waals surface area contributed by atoms with E-state index in [1.54, 1.807) is 0 Å². The van der Waals surface area contributed by atoms with E-state index in [1.165, 1.54) is 5.56 Å². The van der Waals surface area contributed by atoms with E-state index < -0.39 is 0 Å². The predicted octanol–water partition coefficient (Wildman–Crippen LogP) is 5.05. The first kappa shape index (κ1) is 12.9. The number of rotatable bonds is 2. The van der Waals surface area contributed by atoms with Crippen molar-refractivity contribution in [2.45, 2.75) is 13.3 Å². The normalized spacial score (nSPS) is 11.1. The molecule has 1 aromatic heterocycles. The molecule has 96 valence electrons. The first-order chi connectivity index (χ1) is 9.17. The molecule has 0 aliphatic rings. The lowest BCUT2D eigenvalue weighted by Crippen LogP contribution is -1.84. The van der Waals surface area contributed by atoms with E-state index in [-0.39, 0.29) is 0 Å². The molecule has 0 bridgehead atoms. The minimum atomic E-state index is 0.727. The maximum absolute atomic E-state index is 6.07. The van der Waals surface area contributed by atoms with Gasteiger partial charge in [-0.25, -0.2) is 4.98 Å². The van der Waals surface area contributed by atoms with Gasteiger partial charge in [0.05, 0.1) is 11.0 Å². The third kappa shape index (κ3) is 2.49. The van der Waals surface area contributed by atoms with Crippen LogP contribution in [-0.2, 0) is 6.42 Å². The summed E-state index contributed by atoms with van der Waals surface area (Å²) in [6.07, 6.45) is 1.03. The number of benzene rings is 2. The average molecular weight is 383 g/mol. The van der Waals surface area contributed by atoms with E-state index in [0.29, 0.717) is 0 Å². The van der Waals surface area contributed by atoms with E-state index in [9.17, 15) is 0 Å². The number of hydrogen-bond acceptors (Lipinski definition) is 1. The van der Waals surface area contributed by atoms with Crippen LogP contribution >= 0.6 is 34.2 Å². The van der Waals surface area contributed by atoms with Crippen LogP contribution in [0.2, 0.25) is 5.02 Å². The molecular formula is C15H12ClIN2. The monoisotopic (exact) mass is 382 g/mol. The van der Waals surface area contributed by atoms with Gasteiger partial charge in [0.2, 0.25) is 0 Å². The van der Waals surface area contributed by atoms with E-state index >= 15 is 0 Å². The van der Waals surface area contributed by atoms with Crippen molar-refractivity contribution in [3.8, 4) is 11.4 Å². The van der Waals surface area contributed by atoms with Gasteiger partial charge in [0.1, 0.15) is 5.82 Å². The number of hydrogen-bond donors (Lipinski definition) is 1. The highest BCUT2D eigenvalue weighted by Crippen LogP contribution is 2.28. The molecule has 4 heteroatoms. The molecule has 3 rings (SSSR count). The predicted molar refractivity (Wildman–Crippen MR) is 88.6 cm³/mol. The van der Waals surface area contributed by atoms with Crippen LogP contribution in [0, 0.1) is 3.57 Å². The van der Waals surface area contributed by atoms with Crippen molar-refractivity contribution >= 4 is 45.2 Å². The maximum Gasteiger partial charge on any atom is 0.139 e. The van der Waals surface area contributed by atoms with Crippen molar-refractivity contribution < 1.29 is 0 Å². The van der Waals surface area contributed by atoms with E-state index in [2.05, 4.69) is 57.7 Å². The number of H-pyrrole nitrogens is 1. The number of fused-ring (bicyclic) bond motifs is 1. The Labute approximate surface area is 130 Å². The highest BCUT2D eigenvalue weighted by molar-refractivity contribution is 14.1. The average Bonchev–Trinajstić information content (AvgIpc) is 2.83. The van der Waals surface area contributed by atoms with Gasteiger partial charge in [-0.15, -0.1) is 0 Å². The molecule has 0 saturated heterocycles. The summed E-state index contributed by atoms with van der Waals surface area (Å²) in [6, 6.07) is 12.2. The third-order valence-electron chi connectivity index (χ3n) is 3.14. The lowest BCUT2D eigenvalue weighted by atomic mass is 10.1. The number of imidazole rings is 1. The van der Waals surface area contributed by atoms with E-state index in [1.807, 2.05) is 18.2 Å².